The van der Waals surface area contributed by atoms with Gasteiger partial charge in [0, 0.05) is 10.0 Å². The molecule has 0 spiro atoms. The van der Waals surface area contributed by atoms with Crippen LogP contribution in [-0.2, 0) is 9.59 Å². The number of aryl methyl sites for hydroxylation is 1. The van der Waals surface area contributed by atoms with Crippen LogP contribution in [-0.4, -0.2) is 24.0 Å². The molecule has 9 heteroatoms. The summed E-state index contributed by atoms with van der Waals surface area (Å²) in [5, 5.41) is 6.49. The van der Waals surface area contributed by atoms with E-state index in [0.717, 1.165) is 5.56 Å². The zero-order valence-electron chi connectivity index (χ0n) is 16.8. The average Bonchev–Trinajstić information content (AvgIpc) is 2.77. The molecule has 32 heavy (non-hydrogen) atoms. The number of amides is 2. The van der Waals surface area contributed by atoms with E-state index < -0.39 is 17.8 Å². The highest BCUT2D eigenvalue weighted by Crippen LogP contribution is 2.23. The number of esters is 1. The van der Waals surface area contributed by atoms with Crippen LogP contribution in [0.1, 0.15) is 21.5 Å². The number of benzene rings is 3. The van der Waals surface area contributed by atoms with Crippen molar-refractivity contribution in [2.45, 2.75) is 6.92 Å². The van der Waals surface area contributed by atoms with Crippen molar-refractivity contribution < 1.29 is 19.1 Å². The van der Waals surface area contributed by atoms with Crippen molar-refractivity contribution >= 4 is 57.2 Å². The summed E-state index contributed by atoms with van der Waals surface area (Å²) < 4.78 is 6.21. The summed E-state index contributed by atoms with van der Waals surface area (Å²) in [6, 6.07) is 18.5. The molecule has 3 aromatic carbocycles. The predicted octanol–water partition coefficient (Wildman–Crippen LogP) is 4.72. The van der Waals surface area contributed by atoms with Crippen LogP contribution in [0.5, 0.6) is 5.75 Å². The molecular weight excluding hydrogens is 498 g/mol. The van der Waals surface area contributed by atoms with E-state index in [1.54, 1.807) is 54.6 Å². The Morgan fingerprint density at radius 3 is 2.47 bits per heavy atom. The van der Waals surface area contributed by atoms with Crippen molar-refractivity contribution in [3.05, 3.63) is 92.9 Å². The first-order valence-corrected chi connectivity index (χ1v) is 10.5. The van der Waals surface area contributed by atoms with E-state index >= 15 is 0 Å². The van der Waals surface area contributed by atoms with Crippen molar-refractivity contribution in [1.82, 2.24) is 5.43 Å². The number of ether oxygens (including phenoxy) is 1. The largest absolute Gasteiger partial charge is 0.422 e. The second-order valence-electron chi connectivity index (χ2n) is 6.52. The molecular formula is C23H17BrClN3O4. The van der Waals surface area contributed by atoms with Crippen LogP contribution in [0.15, 0.2) is 76.3 Å². The molecule has 0 radical (unpaired) electrons. The Kier molecular flexibility index (Phi) is 7.75. The summed E-state index contributed by atoms with van der Waals surface area (Å²) in [5.74, 6) is -2.21. The number of hydrogen-bond acceptors (Lipinski definition) is 5. The van der Waals surface area contributed by atoms with E-state index in [4.69, 9.17) is 16.3 Å². The van der Waals surface area contributed by atoms with Crippen LogP contribution in [0.2, 0.25) is 5.02 Å². The number of rotatable bonds is 5. The second-order valence-corrected chi connectivity index (χ2v) is 7.84. The van der Waals surface area contributed by atoms with Crippen LogP contribution < -0.4 is 15.5 Å². The van der Waals surface area contributed by atoms with E-state index in [9.17, 15) is 14.4 Å². The molecule has 0 saturated heterocycles. The Morgan fingerprint density at radius 1 is 1.00 bits per heavy atom. The zero-order valence-corrected chi connectivity index (χ0v) is 19.1. The molecule has 0 saturated carbocycles. The van der Waals surface area contributed by atoms with Gasteiger partial charge < -0.3 is 10.1 Å². The van der Waals surface area contributed by atoms with E-state index in [0.29, 0.717) is 26.3 Å². The molecule has 0 bridgehead atoms. The van der Waals surface area contributed by atoms with Crippen LogP contribution >= 0.6 is 27.5 Å². The van der Waals surface area contributed by atoms with Crippen molar-refractivity contribution in [3.63, 3.8) is 0 Å². The lowest BCUT2D eigenvalue weighted by molar-refractivity contribution is -0.136. The van der Waals surface area contributed by atoms with Gasteiger partial charge in [-0.25, -0.2) is 10.2 Å². The standard InChI is InChI=1S/C23H17BrClN3O4/c1-14-6-2-3-7-17(14)23(31)32-20-11-10-16(24)12-15(20)13-26-28-22(30)21(29)27-19-9-5-4-8-18(19)25/h2-13H,1H3,(H,27,29)(H,28,30). The van der Waals surface area contributed by atoms with Gasteiger partial charge in [-0.1, -0.05) is 57.9 Å². The van der Waals surface area contributed by atoms with Gasteiger partial charge in [-0.05, 0) is 48.9 Å². The summed E-state index contributed by atoms with van der Waals surface area (Å²) in [6.07, 6.45) is 1.27. The lowest BCUT2D eigenvalue weighted by Gasteiger charge is -2.09. The van der Waals surface area contributed by atoms with Crippen molar-refractivity contribution in [3.8, 4) is 5.75 Å². The molecule has 7 nitrogen and oxygen atoms in total. The van der Waals surface area contributed by atoms with Crippen molar-refractivity contribution in [1.29, 1.82) is 0 Å². The highest BCUT2D eigenvalue weighted by atomic mass is 79.9. The number of nitrogens with zero attached hydrogens (tertiary/aromatic N) is 1. The maximum absolute atomic E-state index is 12.5. The Labute approximate surface area is 197 Å². The van der Waals surface area contributed by atoms with Gasteiger partial charge in [0.1, 0.15) is 5.75 Å². The third-order valence-corrected chi connectivity index (χ3v) is 5.06. The van der Waals surface area contributed by atoms with E-state index in [-0.39, 0.29) is 5.75 Å². The van der Waals surface area contributed by atoms with Crippen LogP contribution in [0.25, 0.3) is 0 Å². The molecule has 2 N–H and O–H groups in total. The number of carbonyl (C=O) groups excluding carboxylic acids is 3. The Morgan fingerprint density at radius 2 is 1.72 bits per heavy atom. The first-order valence-electron chi connectivity index (χ1n) is 9.31. The molecule has 0 fully saturated rings. The van der Waals surface area contributed by atoms with Gasteiger partial charge >= 0.3 is 17.8 Å². The monoisotopic (exact) mass is 513 g/mol. The van der Waals surface area contributed by atoms with Crippen LogP contribution in [0.3, 0.4) is 0 Å². The van der Waals surface area contributed by atoms with E-state index in [2.05, 4.69) is 31.8 Å². The van der Waals surface area contributed by atoms with Gasteiger partial charge in [0.2, 0.25) is 0 Å². The third-order valence-electron chi connectivity index (χ3n) is 4.24. The van der Waals surface area contributed by atoms with Crippen LogP contribution in [0.4, 0.5) is 5.69 Å². The van der Waals surface area contributed by atoms with Crippen LogP contribution in [0, 0.1) is 6.92 Å². The fourth-order valence-corrected chi connectivity index (χ4v) is 3.18. The lowest BCUT2D eigenvalue weighted by atomic mass is 10.1. The fraction of sp³-hybridized carbons (Fsp3) is 0.0435. The van der Waals surface area contributed by atoms with Gasteiger partial charge in [-0.2, -0.15) is 5.10 Å². The topological polar surface area (TPSA) is 96.9 Å². The number of hydrazone groups is 1. The maximum Gasteiger partial charge on any atom is 0.343 e. The Hall–Kier alpha value is -3.49. The molecule has 0 aliphatic rings. The molecule has 3 rings (SSSR count). The number of anilines is 1. The summed E-state index contributed by atoms with van der Waals surface area (Å²) in [5.41, 5.74) is 4.06. The molecule has 0 atom stereocenters. The molecule has 0 aliphatic heterocycles. The molecule has 0 aliphatic carbocycles. The Bertz CT molecular complexity index is 1210. The lowest BCUT2D eigenvalue weighted by Crippen LogP contribution is -2.32. The first-order chi connectivity index (χ1) is 15.3. The number of para-hydroxylation sites is 1. The number of nitrogens with one attached hydrogen (secondary N) is 2. The average molecular weight is 515 g/mol. The summed E-state index contributed by atoms with van der Waals surface area (Å²) in [7, 11) is 0. The van der Waals surface area contributed by atoms with E-state index in [1.807, 2.05) is 19.1 Å². The minimum absolute atomic E-state index is 0.236. The molecule has 2 amide bonds. The summed E-state index contributed by atoms with van der Waals surface area (Å²) in [4.78, 5) is 36.6. The number of halogens is 2. The van der Waals surface area contributed by atoms with Gasteiger partial charge in [0.05, 0.1) is 22.5 Å². The fourth-order valence-electron chi connectivity index (χ4n) is 2.62. The minimum Gasteiger partial charge on any atom is -0.422 e. The summed E-state index contributed by atoms with van der Waals surface area (Å²) >= 11 is 9.30. The minimum atomic E-state index is -0.991. The molecule has 0 unspecified atom stereocenters. The van der Waals surface area contributed by atoms with Gasteiger partial charge in [0.15, 0.2) is 0 Å². The van der Waals surface area contributed by atoms with Crippen molar-refractivity contribution in [2.24, 2.45) is 5.10 Å². The SMILES string of the molecule is Cc1ccccc1C(=O)Oc1ccc(Br)cc1C=NNC(=O)C(=O)Nc1ccccc1Cl. The normalized spacial score (nSPS) is 10.6. The molecule has 0 heterocycles. The quantitative estimate of drug-likeness (QED) is 0.169. The Balaban J connectivity index is 1.69. The maximum atomic E-state index is 12.5. The zero-order chi connectivity index (χ0) is 23.1. The molecule has 162 valence electrons. The highest BCUT2D eigenvalue weighted by Gasteiger charge is 2.15. The highest BCUT2D eigenvalue weighted by molar-refractivity contribution is 9.10. The van der Waals surface area contributed by atoms with Gasteiger partial charge in [-0.15, -0.1) is 0 Å². The van der Waals surface area contributed by atoms with Crippen molar-refractivity contribution in [2.75, 3.05) is 5.32 Å². The first kappa shape index (κ1) is 23.2. The summed E-state index contributed by atoms with van der Waals surface area (Å²) in [6.45, 7) is 1.81. The smallest absolute Gasteiger partial charge is 0.343 e. The third kappa shape index (κ3) is 6.03. The number of hydrogen-bond donors (Lipinski definition) is 2. The van der Waals surface area contributed by atoms with E-state index in [1.165, 1.54) is 6.21 Å². The molecule has 3 aromatic rings. The van der Waals surface area contributed by atoms with Gasteiger partial charge in [0.25, 0.3) is 0 Å². The second kappa shape index (κ2) is 10.7. The molecule has 0 aromatic heterocycles. The van der Waals surface area contributed by atoms with Gasteiger partial charge in [-0.3, -0.25) is 9.59 Å². The number of carbonyl (C=O) groups is 3. The predicted molar refractivity (Wildman–Crippen MR) is 126 cm³/mol.